The normalized spacial score (nSPS) is 10.5. The van der Waals surface area contributed by atoms with Crippen LogP contribution in [0.1, 0.15) is 27.7 Å². The molecule has 0 spiro atoms. The monoisotopic (exact) mass is 379 g/mol. The Labute approximate surface area is 170 Å². The molecule has 1 amide bonds. The van der Waals surface area contributed by atoms with Crippen LogP contribution in [0.5, 0.6) is 0 Å². The van der Waals surface area contributed by atoms with E-state index in [2.05, 4.69) is 10.4 Å². The van der Waals surface area contributed by atoms with E-state index in [0.717, 1.165) is 16.8 Å². The van der Waals surface area contributed by atoms with Crippen LogP contribution >= 0.6 is 0 Å². The van der Waals surface area contributed by atoms with E-state index in [4.69, 9.17) is 0 Å². The number of carbonyl (C=O) groups is 1. The van der Waals surface area contributed by atoms with Crippen LogP contribution in [0.25, 0.3) is 0 Å². The molecule has 0 radical (unpaired) electrons. The minimum Gasteiger partial charge on any atom is -0.295 e. The van der Waals surface area contributed by atoms with Crippen LogP contribution in [-0.2, 0) is 0 Å². The fraction of sp³-hybridized carbons (Fsp3) is 0.0400. The molecule has 0 aliphatic rings. The van der Waals surface area contributed by atoms with Gasteiger partial charge in [0.05, 0.1) is 5.69 Å². The summed E-state index contributed by atoms with van der Waals surface area (Å²) in [5.74, 6) is -0.202. The van der Waals surface area contributed by atoms with Gasteiger partial charge in [-0.2, -0.15) is 0 Å². The molecular formula is C25H21N3O. The standard InChI is InChI=1S/C25H21N3O/c29-25(23-18-10-11-19-26-23)28(27-22-16-8-3-9-17-22)24(20-12-4-1-5-13-20)21-14-6-2-7-15-21/h1-19,24,27H. The predicted octanol–water partition coefficient (Wildman–Crippen LogP) is 5.34. The molecule has 0 atom stereocenters. The predicted molar refractivity (Wildman–Crippen MR) is 115 cm³/mol. The van der Waals surface area contributed by atoms with Gasteiger partial charge in [-0.1, -0.05) is 84.9 Å². The van der Waals surface area contributed by atoms with E-state index < -0.39 is 0 Å². The Morgan fingerprint density at radius 3 is 1.72 bits per heavy atom. The fourth-order valence-electron chi connectivity index (χ4n) is 3.26. The van der Waals surface area contributed by atoms with Crippen molar-refractivity contribution in [2.75, 3.05) is 5.43 Å². The third-order valence-corrected chi connectivity index (χ3v) is 4.61. The van der Waals surface area contributed by atoms with Crippen molar-refractivity contribution in [1.82, 2.24) is 9.99 Å². The molecule has 29 heavy (non-hydrogen) atoms. The van der Waals surface area contributed by atoms with Crippen LogP contribution in [0.4, 0.5) is 5.69 Å². The number of hydrogen-bond acceptors (Lipinski definition) is 3. The van der Waals surface area contributed by atoms with Gasteiger partial charge in [0.25, 0.3) is 5.91 Å². The van der Waals surface area contributed by atoms with E-state index in [1.165, 1.54) is 0 Å². The summed E-state index contributed by atoms with van der Waals surface area (Å²) in [7, 11) is 0. The molecule has 0 aliphatic heterocycles. The number of hydrogen-bond donors (Lipinski definition) is 1. The van der Waals surface area contributed by atoms with E-state index in [1.807, 2.05) is 97.1 Å². The van der Waals surface area contributed by atoms with Crippen molar-refractivity contribution in [1.29, 1.82) is 0 Å². The highest BCUT2D eigenvalue weighted by Gasteiger charge is 2.28. The Hall–Kier alpha value is -3.92. The lowest BCUT2D eigenvalue weighted by Crippen LogP contribution is -2.40. The second-order valence-electron chi connectivity index (χ2n) is 6.59. The Balaban J connectivity index is 1.82. The first kappa shape index (κ1) is 18.4. The van der Waals surface area contributed by atoms with E-state index in [1.54, 1.807) is 23.3 Å². The molecule has 1 heterocycles. The Morgan fingerprint density at radius 1 is 0.690 bits per heavy atom. The number of amides is 1. The van der Waals surface area contributed by atoms with Crippen LogP contribution in [-0.4, -0.2) is 15.9 Å². The maximum atomic E-state index is 13.5. The van der Waals surface area contributed by atoms with Crippen LogP contribution < -0.4 is 5.43 Å². The molecule has 1 N–H and O–H groups in total. The Kier molecular flexibility index (Phi) is 5.63. The summed E-state index contributed by atoms with van der Waals surface area (Å²) >= 11 is 0. The summed E-state index contributed by atoms with van der Waals surface area (Å²) in [6.07, 6.45) is 1.63. The van der Waals surface area contributed by atoms with Gasteiger partial charge in [0.2, 0.25) is 0 Å². The topological polar surface area (TPSA) is 45.2 Å². The van der Waals surface area contributed by atoms with Crippen molar-refractivity contribution >= 4 is 11.6 Å². The summed E-state index contributed by atoms with van der Waals surface area (Å²) < 4.78 is 0. The van der Waals surface area contributed by atoms with Crippen molar-refractivity contribution in [2.45, 2.75) is 6.04 Å². The van der Waals surface area contributed by atoms with E-state index >= 15 is 0 Å². The first-order chi connectivity index (χ1) is 14.3. The lowest BCUT2D eigenvalue weighted by atomic mass is 9.98. The zero-order valence-electron chi connectivity index (χ0n) is 15.8. The molecule has 3 aromatic carbocycles. The minimum atomic E-state index is -0.327. The van der Waals surface area contributed by atoms with Crippen LogP contribution in [0, 0.1) is 0 Å². The molecule has 0 aliphatic carbocycles. The number of nitrogens with one attached hydrogen (secondary N) is 1. The van der Waals surface area contributed by atoms with E-state index in [9.17, 15) is 4.79 Å². The van der Waals surface area contributed by atoms with Gasteiger partial charge in [0, 0.05) is 6.20 Å². The highest BCUT2D eigenvalue weighted by molar-refractivity contribution is 5.93. The summed E-state index contributed by atoms with van der Waals surface area (Å²) in [5.41, 5.74) is 6.54. The molecule has 0 saturated carbocycles. The smallest absolute Gasteiger partial charge is 0.291 e. The number of carbonyl (C=O) groups excluding carboxylic acids is 1. The third-order valence-electron chi connectivity index (χ3n) is 4.61. The van der Waals surface area contributed by atoms with Crippen LogP contribution in [0.2, 0.25) is 0 Å². The first-order valence-electron chi connectivity index (χ1n) is 9.49. The number of aromatic nitrogens is 1. The van der Waals surface area contributed by atoms with Crippen molar-refractivity contribution in [2.24, 2.45) is 0 Å². The lowest BCUT2D eigenvalue weighted by molar-refractivity contribution is 0.0747. The van der Waals surface area contributed by atoms with Crippen molar-refractivity contribution in [3.05, 3.63) is 132 Å². The Bertz CT molecular complexity index is 999. The van der Waals surface area contributed by atoms with Gasteiger partial charge in [0.1, 0.15) is 11.7 Å². The molecule has 4 rings (SSSR count). The van der Waals surface area contributed by atoms with Crippen molar-refractivity contribution in [3.8, 4) is 0 Å². The first-order valence-corrected chi connectivity index (χ1v) is 9.49. The number of para-hydroxylation sites is 1. The highest BCUT2D eigenvalue weighted by atomic mass is 16.2. The molecule has 0 saturated heterocycles. The van der Waals surface area contributed by atoms with Gasteiger partial charge >= 0.3 is 0 Å². The molecule has 0 fully saturated rings. The second-order valence-corrected chi connectivity index (χ2v) is 6.59. The summed E-state index contributed by atoms with van der Waals surface area (Å²) in [5, 5.41) is 1.66. The number of pyridine rings is 1. The average molecular weight is 379 g/mol. The summed E-state index contributed by atoms with van der Waals surface area (Å²) in [4.78, 5) is 17.8. The molecule has 4 nitrogen and oxygen atoms in total. The number of anilines is 1. The zero-order valence-corrected chi connectivity index (χ0v) is 15.8. The molecule has 4 aromatic rings. The number of benzene rings is 3. The number of hydrazine groups is 1. The van der Waals surface area contributed by atoms with Gasteiger partial charge in [0.15, 0.2) is 0 Å². The van der Waals surface area contributed by atoms with Crippen LogP contribution in [0.3, 0.4) is 0 Å². The Morgan fingerprint density at radius 2 is 1.21 bits per heavy atom. The number of rotatable bonds is 6. The fourth-order valence-corrected chi connectivity index (χ4v) is 3.26. The third kappa shape index (κ3) is 4.33. The van der Waals surface area contributed by atoms with Gasteiger partial charge in [-0.15, -0.1) is 0 Å². The highest BCUT2D eigenvalue weighted by Crippen LogP contribution is 2.30. The van der Waals surface area contributed by atoms with E-state index in [-0.39, 0.29) is 11.9 Å². The van der Waals surface area contributed by atoms with E-state index in [0.29, 0.717) is 5.69 Å². The maximum Gasteiger partial charge on any atom is 0.291 e. The second kappa shape index (κ2) is 8.85. The SMILES string of the molecule is O=C(c1ccccn1)N(Nc1ccccc1)C(c1ccccc1)c1ccccc1. The molecule has 4 heteroatoms. The van der Waals surface area contributed by atoms with Crippen molar-refractivity contribution in [3.63, 3.8) is 0 Å². The minimum absolute atomic E-state index is 0.202. The molecule has 0 unspecified atom stereocenters. The van der Waals surface area contributed by atoms with Crippen LogP contribution in [0.15, 0.2) is 115 Å². The average Bonchev–Trinajstić information content (AvgIpc) is 2.81. The largest absolute Gasteiger partial charge is 0.295 e. The molecule has 0 bridgehead atoms. The summed E-state index contributed by atoms with van der Waals surface area (Å²) in [6.45, 7) is 0. The summed E-state index contributed by atoms with van der Waals surface area (Å²) in [6, 6.07) is 34.7. The maximum absolute atomic E-state index is 13.5. The molecule has 1 aromatic heterocycles. The molecular weight excluding hydrogens is 358 g/mol. The van der Waals surface area contributed by atoms with Gasteiger partial charge in [-0.3, -0.25) is 15.2 Å². The lowest BCUT2D eigenvalue weighted by Gasteiger charge is -2.33. The number of nitrogens with zero attached hydrogens (tertiary/aromatic N) is 2. The van der Waals surface area contributed by atoms with Gasteiger partial charge < -0.3 is 0 Å². The van der Waals surface area contributed by atoms with Gasteiger partial charge in [-0.05, 0) is 35.4 Å². The quantitative estimate of drug-likeness (QED) is 0.460. The molecule has 142 valence electrons. The van der Waals surface area contributed by atoms with Gasteiger partial charge in [-0.25, -0.2) is 5.01 Å². The van der Waals surface area contributed by atoms with Crippen molar-refractivity contribution < 1.29 is 4.79 Å². The zero-order chi connectivity index (χ0) is 19.9.